The summed E-state index contributed by atoms with van der Waals surface area (Å²) in [5, 5.41) is 14.3. The van der Waals surface area contributed by atoms with E-state index in [1.807, 2.05) is 12.1 Å². The highest BCUT2D eigenvalue weighted by Gasteiger charge is 2.19. The monoisotopic (exact) mass is 264 g/mol. The fraction of sp³-hybridized carbons (Fsp3) is 0.600. The summed E-state index contributed by atoms with van der Waals surface area (Å²) in [6.07, 6.45) is 2.13. The van der Waals surface area contributed by atoms with E-state index in [0.29, 0.717) is 12.0 Å². The van der Waals surface area contributed by atoms with E-state index in [2.05, 4.69) is 26.1 Å². The standard InChI is InChI=1S/C15H24N2O2/c1-5-9-16-12(4)14(6-2)13-7-8-15(17(18)19)11(3)10-13/h7-8,10,12,14,16H,5-6,9H2,1-4H3. The summed E-state index contributed by atoms with van der Waals surface area (Å²) in [5.41, 5.74) is 2.12. The molecule has 1 aromatic rings. The Morgan fingerprint density at radius 2 is 2.05 bits per heavy atom. The molecule has 0 radical (unpaired) electrons. The van der Waals surface area contributed by atoms with E-state index in [0.717, 1.165) is 24.9 Å². The lowest BCUT2D eigenvalue weighted by molar-refractivity contribution is -0.385. The molecule has 0 heterocycles. The molecule has 106 valence electrons. The zero-order valence-corrected chi connectivity index (χ0v) is 12.3. The second-order valence-electron chi connectivity index (χ2n) is 5.06. The summed E-state index contributed by atoms with van der Waals surface area (Å²) >= 11 is 0. The highest BCUT2D eigenvalue weighted by Crippen LogP contribution is 2.28. The van der Waals surface area contributed by atoms with Crippen LogP contribution in [0.5, 0.6) is 0 Å². The zero-order valence-electron chi connectivity index (χ0n) is 12.3. The van der Waals surface area contributed by atoms with Crippen molar-refractivity contribution in [3.05, 3.63) is 39.4 Å². The van der Waals surface area contributed by atoms with Gasteiger partial charge in [-0.25, -0.2) is 0 Å². The quantitative estimate of drug-likeness (QED) is 0.602. The van der Waals surface area contributed by atoms with Crippen LogP contribution in [0.15, 0.2) is 18.2 Å². The first-order chi connectivity index (χ1) is 9.01. The first-order valence-electron chi connectivity index (χ1n) is 6.99. The lowest BCUT2D eigenvalue weighted by Crippen LogP contribution is -2.32. The van der Waals surface area contributed by atoms with Gasteiger partial charge in [0.25, 0.3) is 5.69 Å². The number of rotatable bonds is 7. The Kier molecular flexibility index (Phi) is 5.96. The Balaban J connectivity index is 2.93. The summed E-state index contributed by atoms with van der Waals surface area (Å²) in [6, 6.07) is 5.85. The molecule has 0 amide bonds. The normalized spacial score (nSPS) is 14.1. The fourth-order valence-corrected chi connectivity index (χ4v) is 2.51. The van der Waals surface area contributed by atoms with E-state index in [1.54, 1.807) is 13.0 Å². The molecule has 0 aromatic heterocycles. The van der Waals surface area contributed by atoms with Gasteiger partial charge in [0.1, 0.15) is 0 Å². The fourth-order valence-electron chi connectivity index (χ4n) is 2.51. The van der Waals surface area contributed by atoms with Crippen molar-refractivity contribution in [2.24, 2.45) is 0 Å². The molecular weight excluding hydrogens is 240 g/mol. The van der Waals surface area contributed by atoms with Crippen LogP contribution < -0.4 is 5.32 Å². The minimum atomic E-state index is -0.321. The molecule has 0 aliphatic rings. The van der Waals surface area contributed by atoms with Crippen molar-refractivity contribution in [1.82, 2.24) is 5.32 Å². The van der Waals surface area contributed by atoms with Crippen LogP contribution in [0.25, 0.3) is 0 Å². The minimum absolute atomic E-state index is 0.202. The predicted molar refractivity (Wildman–Crippen MR) is 78.6 cm³/mol. The summed E-state index contributed by atoms with van der Waals surface area (Å²) in [7, 11) is 0. The van der Waals surface area contributed by atoms with E-state index < -0.39 is 0 Å². The highest BCUT2D eigenvalue weighted by molar-refractivity contribution is 5.43. The third-order valence-corrected chi connectivity index (χ3v) is 3.61. The molecule has 4 nitrogen and oxygen atoms in total. The van der Waals surface area contributed by atoms with Crippen LogP contribution >= 0.6 is 0 Å². The first kappa shape index (κ1) is 15.6. The Hall–Kier alpha value is -1.42. The van der Waals surface area contributed by atoms with Crippen molar-refractivity contribution in [2.45, 2.75) is 52.5 Å². The van der Waals surface area contributed by atoms with Crippen molar-refractivity contribution in [3.63, 3.8) is 0 Å². The van der Waals surface area contributed by atoms with Crippen molar-refractivity contribution in [3.8, 4) is 0 Å². The molecule has 19 heavy (non-hydrogen) atoms. The lowest BCUT2D eigenvalue weighted by atomic mass is 9.89. The van der Waals surface area contributed by atoms with Crippen LogP contribution in [0.1, 0.15) is 50.7 Å². The third-order valence-electron chi connectivity index (χ3n) is 3.61. The number of hydrogen-bond donors (Lipinski definition) is 1. The van der Waals surface area contributed by atoms with Crippen LogP contribution in [0.3, 0.4) is 0 Å². The van der Waals surface area contributed by atoms with Gasteiger partial charge >= 0.3 is 0 Å². The van der Waals surface area contributed by atoms with Gasteiger partial charge in [0.2, 0.25) is 0 Å². The Morgan fingerprint density at radius 1 is 1.37 bits per heavy atom. The molecule has 0 spiro atoms. The molecule has 1 N–H and O–H groups in total. The van der Waals surface area contributed by atoms with Gasteiger partial charge in [-0.3, -0.25) is 10.1 Å². The van der Waals surface area contributed by atoms with E-state index in [9.17, 15) is 10.1 Å². The molecule has 0 aliphatic carbocycles. The van der Waals surface area contributed by atoms with Crippen molar-refractivity contribution in [2.75, 3.05) is 6.54 Å². The molecular formula is C15H24N2O2. The SMILES string of the molecule is CCCNC(C)C(CC)c1ccc([N+](=O)[O-])c(C)c1. The third kappa shape index (κ3) is 4.03. The number of nitrogens with zero attached hydrogens (tertiary/aromatic N) is 1. The highest BCUT2D eigenvalue weighted by atomic mass is 16.6. The second kappa shape index (κ2) is 7.24. The molecule has 0 saturated heterocycles. The van der Waals surface area contributed by atoms with Gasteiger partial charge < -0.3 is 5.32 Å². The van der Waals surface area contributed by atoms with Crippen molar-refractivity contribution < 1.29 is 4.92 Å². The van der Waals surface area contributed by atoms with Crippen LogP contribution in [0, 0.1) is 17.0 Å². The predicted octanol–water partition coefficient (Wildman–Crippen LogP) is 3.78. The van der Waals surface area contributed by atoms with Gasteiger partial charge in [0.05, 0.1) is 4.92 Å². The number of nitro groups is 1. The smallest absolute Gasteiger partial charge is 0.272 e. The molecule has 0 aliphatic heterocycles. The van der Waals surface area contributed by atoms with Gasteiger partial charge in [-0.1, -0.05) is 19.9 Å². The molecule has 2 unspecified atom stereocenters. The van der Waals surface area contributed by atoms with Crippen molar-refractivity contribution in [1.29, 1.82) is 0 Å². The molecule has 0 fully saturated rings. The summed E-state index contributed by atoms with van der Waals surface area (Å²) in [6.45, 7) is 9.30. The molecule has 1 aromatic carbocycles. The maximum absolute atomic E-state index is 10.8. The number of nitro benzene ring substituents is 1. The number of hydrogen-bond acceptors (Lipinski definition) is 3. The number of benzene rings is 1. The molecule has 0 saturated carbocycles. The minimum Gasteiger partial charge on any atom is -0.314 e. The molecule has 2 atom stereocenters. The Bertz CT molecular complexity index is 432. The van der Waals surface area contributed by atoms with E-state index in [1.165, 1.54) is 5.56 Å². The van der Waals surface area contributed by atoms with Crippen LogP contribution in [-0.4, -0.2) is 17.5 Å². The second-order valence-corrected chi connectivity index (χ2v) is 5.06. The maximum Gasteiger partial charge on any atom is 0.272 e. The van der Waals surface area contributed by atoms with E-state index >= 15 is 0 Å². The van der Waals surface area contributed by atoms with Crippen molar-refractivity contribution >= 4 is 5.69 Å². The van der Waals surface area contributed by atoms with Gasteiger partial charge in [-0.15, -0.1) is 0 Å². The molecule has 4 heteroatoms. The topological polar surface area (TPSA) is 55.2 Å². The van der Waals surface area contributed by atoms with Gasteiger partial charge in [0, 0.05) is 17.7 Å². The average Bonchev–Trinajstić information content (AvgIpc) is 2.36. The van der Waals surface area contributed by atoms with Crippen LogP contribution in [-0.2, 0) is 0 Å². The van der Waals surface area contributed by atoms with Gasteiger partial charge in [-0.2, -0.15) is 0 Å². The maximum atomic E-state index is 10.8. The van der Waals surface area contributed by atoms with E-state index in [-0.39, 0.29) is 10.6 Å². The summed E-state index contributed by atoms with van der Waals surface area (Å²) in [4.78, 5) is 10.5. The number of nitrogens with one attached hydrogen (secondary N) is 1. The summed E-state index contributed by atoms with van der Waals surface area (Å²) < 4.78 is 0. The Morgan fingerprint density at radius 3 is 2.53 bits per heavy atom. The van der Waals surface area contributed by atoms with Gasteiger partial charge in [-0.05, 0) is 50.8 Å². The number of aryl methyl sites for hydroxylation is 1. The average molecular weight is 264 g/mol. The largest absolute Gasteiger partial charge is 0.314 e. The zero-order chi connectivity index (χ0) is 14.4. The molecule has 1 rings (SSSR count). The lowest BCUT2D eigenvalue weighted by Gasteiger charge is -2.24. The van der Waals surface area contributed by atoms with Gasteiger partial charge in [0.15, 0.2) is 0 Å². The molecule has 0 bridgehead atoms. The Labute approximate surface area is 115 Å². The van der Waals surface area contributed by atoms with Crippen LogP contribution in [0.2, 0.25) is 0 Å². The first-order valence-corrected chi connectivity index (χ1v) is 6.99. The summed E-state index contributed by atoms with van der Waals surface area (Å²) in [5.74, 6) is 0.394. The van der Waals surface area contributed by atoms with Crippen LogP contribution in [0.4, 0.5) is 5.69 Å². The van der Waals surface area contributed by atoms with E-state index in [4.69, 9.17) is 0 Å².